The zero-order valence-corrected chi connectivity index (χ0v) is 20.6. The molecule has 0 radical (unpaired) electrons. The molecule has 9 heteroatoms. The first-order valence-corrected chi connectivity index (χ1v) is 12.7. The number of sulfone groups is 1. The topological polar surface area (TPSA) is 97.3 Å². The molecule has 0 atom stereocenters. The predicted octanol–water partition coefficient (Wildman–Crippen LogP) is 4.28. The summed E-state index contributed by atoms with van der Waals surface area (Å²) >= 11 is 5.94. The number of rotatable bonds is 4. The van der Waals surface area contributed by atoms with Crippen molar-refractivity contribution in [1.82, 2.24) is 14.0 Å². The molecule has 0 fully saturated rings. The Morgan fingerprint density at radius 2 is 1.60 bits per heavy atom. The molecule has 35 heavy (non-hydrogen) atoms. The van der Waals surface area contributed by atoms with E-state index in [1.807, 2.05) is 44.2 Å². The van der Waals surface area contributed by atoms with Gasteiger partial charge < -0.3 is 4.57 Å². The van der Waals surface area contributed by atoms with Gasteiger partial charge >= 0.3 is 0 Å². The average molecular weight is 505 g/mol. The van der Waals surface area contributed by atoms with Gasteiger partial charge in [-0.2, -0.15) is 0 Å². The fourth-order valence-corrected chi connectivity index (χ4v) is 5.51. The average Bonchev–Trinajstić information content (AvgIpc) is 2.83. The molecular weight excluding hydrogens is 484 g/mol. The van der Waals surface area contributed by atoms with Gasteiger partial charge in [-0.1, -0.05) is 47.5 Å². The maximum Gasteiger partial charge on any atom is 0.267 e. The van der Waals surface area contributed by atoms with Crippen LogP contribution in [0.3, 0.4) is 0 Å². The zero-order chi connectivity index (χ0) is 24.9. The number of benzene rings is 2. The van der Waals surface area contributed by atoms with Crippen molar-refractivity contribution < 1.29 is 8.42 Å². The third-order valence-electron chi connectivity index (χ3n) is 5.89. The summed E-state index contributed by atoms with van der Waals surface area (Å²) in [6.07, 6.45) is 1.66. The quantitative estimate of drug-likeness (QED) is 0.369. The summed E-state index contributed by atoms with van der Waals surface area (Å²) in [7, 11) is -4.12. The fraction of sp³-hybridized carbons (Fsp3) is 0.115. The molecule has 176 valence electrons. The van der Waals surface area contributed by atoms with Gasteiger partial charge in [-0.3, -0.25) is 14.6 Å². The minimum Gasteiger partial charge on any atom is -0.305 e. The van der Waals surface area contributed by atoms with Crippen molar-refractivity contribution in [3.8, 4) is 0 Å². The molecule has 5 aromatic rings. The number of aryl methyl sites for hydroxylation is 2. The van der Waals surface area contributed by atoms with Crippen LogP contribution in [0.4, 0.5) is 0 Å². The van der Waals surface area contributed by atoms with E-state index in [4.69, 9.17) is 17.0 Å². The summed E-state index contributed by atoms with van der Waals surface area (Å²) in [5.41, 5.74) is 2.79. The molecule has 0 saturated heterocycles. The Morgan fingerprint density at radius 1 is 0.943 bits per heavy atom. The van der Waals surface area contributed by atoms with E-state index in [0.29, 0.717) is 10.7 Å². The van der Waals surface area contributed by atoms with Crippen molar-refractivity contribution >= 4 is 38.1 Å². The predicted molar refractivity (Wildman–Crippen MR) is 135 cm³/mol. The van der Waals surface area contributed by atoms with E-state index in [0.717, 1.165) is 16.7 Å². The van der Waals surface area contributed by atoms with Gasteiger partial charge in [0.1, 0.15) is 21.7 Å². The van der Waals surface area contributed by atoms with Gasteiger partial charge in [0.2, 0.25) is 9.84 Å². The van der Waals surface area contributed by atoms with Gasteiger partial charge in [-0.25, -0.2) is 13.4 Å². The van der Waals surface area contributed by atoms with Crippen LogP contribution in [-0.4, -0.2) is 22.4 Å². The highest BCUT2D eigenvalue weighted by molar-refractivity contribution is 7.91. The molecule has 2 aromatic carbocycles. The first-order valence-electron chi connectivity index (χ1n) is 10.8. The molecule has 7 nitrogen and oxygen atoms in total. The second-order valence-corrected chi connectivity index (χ2v) is 10.8. The Labute approximate surface area is 206 Å². The molecule has 3 aromatic heterocycles. The standard InChI is InChI=1S/C26H21ClN4O3S/c1-16-3-6-18(7-4-16)15-31-24(28)22(35(33,34)20-10-8-19(27)9-11-20)13-21-25(31)29-23-12-5-17(2)14-30(23)26(21)32/h3-14,28H,15H2,1-2H3. The Balaban J connectivity index is 1.87. The van der Waals surface area contributed by atoms with E-state index < -0.39 is 15.4 Å². The smallest absolute Gasteiger partial charge is 0.267 e. The van der Waals surface area contributed by atoms with Crippen molar-refractivity contribution in [1.29, 1.82) is 5.41 Å². The number of nitrogens with zero attached hydrogens (tertiary/aromatic N) is 3. The minimum absolute atomic E-state index is 0.0127. The third kappa shape index (κ3) is 4.05. The van der Waals surface area contributed by atoms with Crippen molar-refractivity contribution in [2.24, 2.45) is 0 Å². The Morgan fingerprint density at radius 3 is 2.29 bits per heavy atom. The van der Waals surface area contributed by atoms with Crippen LogP contribution in [0.25, 0.3) is 16.7 Å². The maximum atomic E-state index is 13.6. The van der Waals surface area contributed by atoms with Crippen molar-refractivity contribution in [2.75, 3.05) is 0 Å². The monoisotopic (exact) mass is 504 g/mol. The van der Waals surface area contributed by atoms with Crippen molar-refractivity contribution in [3.05, 3.63) is 110 Å². The summed E-state index contributed by atoms with van der Waals surface area (Å²) in [5.74, 6) is 0. The SMILES string of the molecule is Cc1ccc(Cn2c(=N)c(S(=O)(=O)c3ccc(Cl)cc3)cc3c(=O)n4cc(C)ccc4nc32)cc1. The van der Waals surface area contributed by atoms with Gasteiger partial charge in [0.25, 0.3) is 5.56 Å². The number of pyridine rings is 2. The number of hydrogen-bond acceptors (Lipinski definition) is 5. The second-order valence-electron chi connectivity index (χ2n) is 8.48. The highest BCUT2D eigenvalue weighted by atomic mass is 35.5. The number of halogens is 1. The van der Waals surface area contributed by atoms with E-state index >= 15 is 0 Å². The summed E-state index contributed by atoms with van der Waals surface area (Å²) in [5, 5.41) is 9.40. The number of nitrogens with one attached hydrogen (secondary N) is 1. The largest absolute Gasteiger partial charge is 0.305 e. The van der Waals surface area contributed by atoms with E-state index in [9.17, 15) is 13.2 Å². The van der Waals surface area contributed by atoms with E-state index in [2.05, 4.69) is 4.98 Å². The molecule has 0 aliphatic carbocycles. The van der Waals surface area contributed by atoms with Crippen molar-refractivity contribution in [3.63, 3.8) is 0 Å². The normalized spacial score (nSPS) is 11.9. The molecule has 5 rings (SSSR count). The molecule has 0 amide bonds. The first-order chi connectivity index (χ1) is 16.6. The lowest BCUT2D eigenvalue weighted by Gasteiger charge is -2.15. The van der Waals surface area contributed by atoms with Crippen LogP contribution in [-0.2, 0) is 16.4 Å². The van der Waals surface area contributed by atoms with Crippen LogP contribution in [0.2, 0.25) is 5.02 Å². The number of fused-ring (bicyclic) bond motifs is 2. The lowest BCUT2D eigenvalue weighted by Crippen LogP contribution is -2.30. The van der Waals surface area contributed by atoms with E-state index in [-0.39, 0.29) is 32.9 Å². The lowest BCUT2D eigenvalue weighted by atomic mass is 10.1. The van der Waals surface area contributed by atoms with Crippen LogP contribution in [0, 0.1) is 19.3 Å². The molecule has 0 unspecified atom stereocenters. The molecule has 0 saturated carbocycles. The Hall–Kier alpha value is -3.75. The van der Waals surface area contributed by atoms with Gasteiger partial charge in [0, 0.05) is 11.2 Å². The summed E-state index contributed by atoms with van der Waals surface area (Å²) in [4.78, 5) is 17.9. The molecule has 3 heterocycles. The van der Waals surface area contributed by atoms with Crippen LogP contribution in [0.15, 0.2) is 87.5 Å². The van der Waals surface area contributed by atoms with Gasteiger partial charge in [-0.05, 0) is 61.4 Å². The van der Waals surface area contributed by atoms with Crippen LogP contribution < -0.4 is 11.0 Å². The Bertz CT molecular complexity index is 1840. The maximum absolute atomic E-state index is 13.6. The number of hydrogen-bond donors (Lipinski definition) is 1. The molecule has 0 bridgehead atoms. The van der Waals surface area contributed by atoms with E-state index in [1.54, 1.807) is 12.3 Å². The first kappa shape index (κ1) is 23.0. The highest BCUT2D eigenvalue weighted by Gasteiger charge is 2.24. The van der Waals surface area contributed by atoms with Gasteiger partial charge in [0.15, 0.2) is 0 Å². The zero-order valence-electron chi connectivity index (χ0n) is 19.0. The lowest BCUT2D eigenvalue weighted by molar-refractivity contribution is 0.591. The van der Waals surface area contributed by atoms with Crippen molar-refractivity contribution in [2.45, 2.75) is 30.2 Å². The molecule has 1 N–H and O–H groups in total. The molecule has 0 spiro atoms. The summed E-state index contributed by atoms with van der Waals surface area (Å²) < 4.78 is 30.0. The van der Waals surface area contributed by atoms with Gasteiger partial charge in [0.05, 0.1) is 16.8 Å². The molecule has 0 aliphatic rings. The minimum atomic E-state index is -4.12. The van der Waals surface area contributed by atoms with Crippen LogP contribution >= 0.6 is 11.6 Å². The van der Waals surface area contributed by atoms with Crippen LogP contribution in [0.1, 0.15) is 16.7 Å². The fourth-order valence-electron chi connectivity index (χ4n) is 3.99. The summed E-state index contributed by atoms with van der Waals surface area (Å²) in [6, 6.07) is 18.3. The summed E-state index contributed by atoms with van der Waals surface area (Å²) in [6.45, 7) is 4.00. The third-order valence-corrected chi connectivity index (χ3v) is 7.93. The second kappa shape index (κ2) is 8.48. The highest BCUT2D eigenvalue weighted by Crippen LogP contribution is 2.23. The van der Waals surface area contributed by atoms with E-state index in [1.165, 1.54) is 39.3 Å². The van der Waals surface area contributed by atoms with Crippen LogP contribution in [0.5, 0.6) is 0 Å². The molecular formula is C26H21ClN4O3S. The van der Waals surface area contributed by atoms with Gasteiger partial charge in [-0.15, -0.1) is 0 Å². The Kier molecular flexibility index (Phi) is 5.57. The number of aromatic nitrogens is 3. The molecule has 0 aliphatic heterocycles.